The molecule has 88 valence electrons. The van der Waals surface area contributed by atoms with Gasteiger partial charge in [-0.1, -0.05) is 30.3 Å². The van der Waals surface area contributed by atoms with Crippen molar-refractivity contribution in [2.45, 2.75) is 18.5 Å². The average Bonchev–Trinajstić information content (AvgIpc) is 2.40. The number of benzene rings is 1. The predicted octanol–water partition coefficient (Wildman–Crippen LogP) is 1.58. The number of carbonyl (C=O) groups is 1. The molecule has 3 atom stereocenters. The van der Waals surface area contributed by atoms with Gasteiger partial charge in [0, 0.05) is 11.6 Å². The number of fused-ring (bicyclic) bond motifs is 1. The average molecular weight is 232 g/mol. The molecule has 0 aromatic heterocycles. The lowest BCUT2D eigenvalue weighted by molar-refractivity contribution is -0.252. The quantitative estimate of drug-likeness (QED) is 0.737. The molecule has 0 saturated carbocycles. The van der Waals surface area contributed by atoms with Gasteiger partial charge in [0.2, 0.25) is 0 Å². The molecule has 4 nitrogen and oxygen atoms in total. The highest BCUT2D eigenvalue weighted by Crippen LogP contribution is 2.29. The van der Waals surface area contributed by atoms with Crippen LogP contribution in [-0.2, 0) is 19.0 Å². The highest BCUT2D eigenvalue weighted by atomic mass is 16.7. The third kappa shape index (κ3) is 1.97. The number of ketones is 1. The largest absolute Gasteiger partial charge is 0.492 e. The zero-order valence-corrected chi connectivity index (χ0v) is 9.11. The SMILES string of the molecule is O=C1C=COC2COC(c3ccccc3)OC12. The minimum Gasteiger partial charge on any atom is -0.492 e. The summed E-state index contributed by atoms with van der Waals surface area (Å²) in [7, 11) is 0. The number of ether oxygens (including phenoxy) is 3. The summed E-state index contributed by atoms with van der Waals surface area (Å²) in [6.45, 7) is 0.361. The third-order valence-electron chi connectivity index (χ3n) is 2.86. The first-order valence-corrected chi connectivity index (χ1v) is 5.52. The van der Waals surface area contributed by atoms with Gasteiger partial charge in [0.1, 0.15) is 0 Å². The van der Waals surface area contributed by atoms with Crippen molar-refractivity contribution in [3.8, 4) is 0 Å². The molecule has 1 fully saturated rings. The van der Waals surface area contributed by atoms with Gasteiger partial charge in [0.05, 0.1) is 12.9 Å². The second-order valence-corrected chi connectivity index (χ2v) is 4.01. The predicted molar refractivity (Wildman–Crippen MR) is 59.0 cm³/mol. The monoisotopic (exact) mass is 232 g/mol. The van der Waals surface area contributed by atoms with E-state index in [0.717, 1.165) is 5.56 Å². The van der Waals surface area contributed by atoms with E-state index in [4.69, 9.17) is 14.2 Å². The maximum Gasteiger partial charge on any atom is 0.191 e. The molecule has 17 heavy (non-hydrogen) atoms. The van der Waals surface area contributed by atoms with Gasteiger partial charge in [-0.3, -0.25) is 4.79 Å². The molecule has 0 spiro atoms. The molecule has 1 aromatic rings. The Morgan fingerprint density at radius 2 is 2.00 bits per heavy atom. The van der Waals surface area contributed by atoms with Gasteiger partial charge in [-0.2, -0.15) is 0 Å². The van der Waals surface area contributed by atoms with E-state index in [9.17, 15) is 4.79 Å². The van der Waals surface area contributed by atoms with Gasteiger partial charge < -0.3 is 14.2 Å². The first-order valence-electron chi connectivity index (χ1n) is 5.52. The minimum atomic E-state index is -0.557. The van der Waals surface area contributed by atoms with Crippen LogP contribution in [0.25, 0.3) is 0 Å². The number of hydrogen-bond acceptors (Lipinski definition) is 4. The zero-order chi connectivity index (χ0) is 11.7. The van der Waals surface area contributed by atoms with Crippen LogP contribution in [0, 0.1) is 0 Å². The standard InChI is InChI=1S/C13H12O4/c14-10-6-7-15-11-8-16-13(17-12(10)11)9-4-2-1-3-5-9/h1-7,11-13H,8H2. The van der Waals surface area contributed by atoms with Crippen LogP contribution in [0.1, 0.15) is 11.9 Å². The van der Waals surface area contributed by atoms with Crippen LogP contribution >= 0.6 is 0 Å². The summed E-state index contributed by atoms with van der Waals surface area (Å²) in [6, 6.07) is 9.57. The van der Waals surface area contributed by atoms with Crippen molar-refractivity contribution in [1.29, 1.82) is 0 Å². The molecule has 0 bridgehead atoms. The fourth-order valence-corrected chi connectivity index (χ4v) is 1.98. The normalized spacial score (nSPS) is 31.8. The highest BCUT2D eigenvalue weighted by molar-refractivity contribution is 5.94. The zero-order valence-electron chi connectivity index (χ0n) is 9.11. The Kier molecular flexibility index (Phi) is 2.66. The Balaban J connectivity index is 1.79. The molecule has 1 saturated heterocycles. The Morgan fingerprint density at radius 1 is 1.18 bits per heavy atom. The van der Waals surface area contributed by atoms with E-state index < -0.39 is 12.4 Å². The Hall–Kier alpha value is -1.65. The van der Waals surface area contributed by atoms with E-state index in [2.05, 4.69) is 0 Å². The summed E-state index contributed by atoms with van der Waals surface area (Å²) in [5.41, 5.74) is 0.910. The highest BCUT2D eigenvalue weighted by Gasteiger charge is 2.39. The van der Waals surface area contributed by atoms with Crippen molar-refractivity contribution in [2.75, 3.05) is 6.61 Å². The summed E-state index contributed by atoms with van der Waals surface area (Å²) in [6.07, 6.45) is 1.43. The Bertz CT molecular complexity index is 440. The lowest BCUT2D eigenvalue weighted by atomic mass is 10.1. The lowest BCUT2D eigenvalue weighted by Gasteiger charge is -2.36. The summed E-state index contributed by atoms with van der Waals surface area (Å²) in [5.74, 6) is -0.0644. The van der Waals surface area contributed by atoms with Crippen molar-refractivity contribution >= 4 is 5.78 Å². The number of carbonyl (C=O) groups excluding carboxylic acids is 1. The second-order valence-electron chi connectivity index (χ2n) is 4.01. The van der Waals surface area contributed by atoms with Crippen LogP contribution in [0.3, 0.4) is 0 Å². The van der Waals surface area contributed by atoms with E-state index in [0.29, 0.717) is 6.61 Å². The third-order valence-corrected chi connectivity index (χ3v) is 2.86. The first kappa shape index (κ1) is 10.5. The van der Waals surface area contributed by atoms with E-state index in [1.54, 1.807) is 0 Å². The molecule has 2 aliphatic heterocycles. The fourth-order valence-electron chi connectivity index (χ4n) is 1.98. The van der Waals surface area contributed by atoms with Gasteiger partial charge in [0.25, 0.3) is 0 Å². The molecule has 0 amide bonds. The van der Waals surface area contributed by atoms with E-state index >= 15 is 0 Å². The van der Waals surface area contributed by atoms with Gasteiger partial charge in [-0.25, -0.2) is 0 Å². The Morgan fingerprint density at radius 3 is 2.82 bits per heavy atom. The number of rotatable bonds is 1. The van der Waals surface area contributed by atoms with E-state index in [1.807, 2.05) is 30.3 Å². The van der Waals surface area contributed by atoms with Crippen LogP contribution < -0.4 is 0 Å². The van der Waals surface area contributed by atoms with E-state index in [-0.39, 0.29) is 11.9 Å². The lowest BCUT2D eigenvalue weighted by Crippen LogP contribution is -2.47. The van der Waals surface area contributed by atoms with Gasteiger partial charge in [-0.05, 0) is 0 Å². The minimum absolute atomic E-state index is 0.0644. The van der Waals surface area contributed by atoms with E-state index in [1.165, 1.54) is 12.3 Å². The van der Waals surface area contributed by atoms with Crippen molar-refractivity contribution in [3.63, 3.8) is 0 Å². The molecule has 3 unspecified atom stereocenters. The second kappa shape index (κ2) is 4.31. The molecule has 0 radical (unpaired) electrons. The summed E-state index contributed by atoms with van der Waals surface area (Å²) in [5, 5.41) is 0. The van der Waals surface area contributed by atoms with Crippen molar-refractivity contribution in [3.05, 3.63) is 48.2 Å². The molecule has 4 heteroatoms. The smallest absolute Gasteiger partial charge is 0.191 e. The maximum absolute atomic E-state index is 11.7. The molecule has 1 aromatic carbocycles. The Labute approximate surface area is 98.8 Å². The molecule has 3 rings (SSSR count). The molecular weight excluding hydrogens is 220 g/mol. The number of hydrogen-bond donors (Lipinski definition) is 0. The molecule has 2 heterocycles. The molecular formula is C13H12O4. The first-order chi connectivity index (χ1) is 8.34. The fraction of sp³-hybridized carbons (Fsp3) is 0.308. The van der Waals surface area contributed by atoms with Crippen molar-refractivity contribution in [2.24, 2.45) is 0 Å². The summed E-state index contributed by atoms with van der Waals surface area (Å²) >= 11 is 0. The summed E-state index contributed by atoms with van der Waals surface area (Å²) < 4.78 is 16.5. The van der Waals surface area contributed by atoms with Gasteiger partial charge in [0.15, 0.2) is 24.3 Å². The van der Waals surface area contributed by atoms with Gasteiger partial charge in [-0.15, -0.1) is 0 Å². The van der Waals surface area contributed by atoms with Crippen LogP contribution in [0.4, 0.5) is 0 Å². The van der Waals surface area contributed by atoms with Crippen molar-refractivity contribution in [1.82, 2.24) is 0 Å². The maximum atomic E-state index is 11.7. The van der Waals surface area contributed by atoms with Crippen LogP contribution in [0.5, 0.6) is 0 Å². The van der Waals surface area contributed by atoms with Crippen LogP contribution in [0.15, 0.2) is 42.7 Å². The van der Waals surface area contributed by atoms with Crippen LogP contribution in [-0.4, -0.2) is 24.6 Å². The van der Waals surface area contributed by atoms with Crippen molar-refractivity contribution < 1.29 is 19.0 Å². The topological polar surface area (TPSA) is 44.8 Å². The summed E-state index contributed by atoms with van der Waals surface area (Å²) in [4.78, 5) is 11.7. The molecule has 2 aliphatic rings. The molecule has 0 aliphatic carbocycles. The van der Waals surface area contributed by atoms with Gasteiger partial charge >= 0.3 is 0 Å². The molecule has 0 N–H and O–H groups in total. The van der Waals surface area contributed by atoms with Crippen LogP contribution in [0.2, 0.25) is 0 Å².